The molecule has 0 aromatic carbocycles. The summed E-state index contributed by atoms with van der Waals surface area (Å²) in [4.78, 5) is 12.0. The Labute approximate surface area is 111 Å². The van der Waals surface area contributed by atoms with Gasteiger partial charge in [-0.25, -0.2) is 4.68 Å². The van der Waals surface area contributed by atoms with Crippen molar-refractivity contribution in [1.82, 2.24) is 15.1 Å². The SMILES string of the molecule is O=C(Nc1ccnn1C1CNC1)c1occc1Br. The highest BCUT2D eigenvalue weighted by Crippen LogP contribution is 2.21. The quantitative estimate of drug-likeness (QED) is 0.904. The number of halogens is 1. The molecule has 1 saturated heterocycles. The number of anilines is 1. The number of furan rings is 1. The van der Waals surface area contributed by atoms with Crippen LogP contribution >= 0.6 is 15.9 Å². The van der Waals surface area contributed by atoms with Crippen LogP contribution in [-0.2, 0) is 0 Å². The second-order valence-electron chi connectivity index (χ2n) is 4.02. The monoisotopic (exact) mass is 310 g/mol. The normalized spacial score (nSPS) is 15.4. The van der Waals surface area contributed by atoms with E-state index in [1.165, 1.54) is 6.26 Å². The maximum atomic E-state index is 12.0. The van der Waals surface area contributed by atoms with Crippen LogP contribution < -0.4 is 10.6 Å². The number of nitrogens with zero attached hydrogens (tertiary/aromatic N) is 2. The average molecular weight is 311 g/mol. The van der Waals surface area contributed by atoms with Gasteiger partial charge in [0, 0.05) is 19.2 Å². The molecule has 0 atom stereocenters. The smallest absolute Gasteiger partial charge is 0.293 e. The highest BCUT2D eigenvalue weighted by Gasteiger charge is 2.23. The molecular weight excluding hydrogens is 300 g/mol. The summed E-state index contributed by atoms with van der Waals surface area (Å²) in [5.74, 6) is 0.644. The summed E-state index contributed by atoms with van der Waals surface area (Å²) in [6, 6.07) is 3.75. The molecule has 0 radical (unpaired) electrons. The highest BCUT2D eigenvalue weighted by atomic mass is 79.9. The molecule has 2 aromatic rings. The molecule has 0 unspecified atom stereocenters. The molecule has 6 nitrogen and oxygen atoms in total. The van der Waals surface area contributed by atoms with Gasteiger partial charge in [0.1, 0.15) is 5.82 Å². The maximum Gasteiger partial charge on any atom is 0.293 e. The molecule has 94 valence electrons. The first-order valence-corrected chi connectivity index (χ1v) is 6.33. The van der Waals surface area contributed by atoms with Gasteiger partial charge < -0.3 is 15.1 Å². The molecule has 7 heteroatoms. The van der Waals surface area contributed by atoms with Crippen molar-refractivity contribution in [3.8, 4) is 0 Å². The Kier molecular flexibility index (Phi) is 2.92. The third-order valence-electron chi connectivity index (χ3n) is 2.84. The lowest BCUT2D eigenvalue weighted by molar-refractivity contribution is 0.0994. The number of carbonyl (C=O) groups is 1. The Morgan fingerprint density at radius 3 is 3.00 bits per heavy atom. The summed E-state index contributed by atoms with van der Waals surface area (Å²) in [6.07, 6.45) is 3.14. The molecule has 0 bridgehead atoms. The van der Waals surface area contributed by atoms with Crippen LogP contribution in [0.3, 0.4) is 0 Å². The lowest BCUT2D eigenvalue weighted by Crippen LogP contribution is -2.44. The number of carbonyl (C=O) groups excluding carboxylic acids is 1. The van der Waals surface area contributed by atoms with Gasteiger partial charge >= 0.3 is 0 Å². The van der Waals surface area contributed by atoms with Crippen LogP contribution in [0.25, 0.3) is 0 Å². The van der Waals surface area contributed by atoms with E-state index >= 15 is 0 Å². The van der Waals surface area contributed by atoms with Crippen molar-refractivity contribution in [2.75, 3.05) is 18.4 Å². The van der Waals surface area contributed by atoms with Gasteiger partial charge in [0.05, 0.1) is 23.0 Å². The van der Waals surface area contributed by atoms with Crippen LogP contribution in [0.2, 0.25) is 0 Å². The Morgan fingerprint density at radius 1 is 1.56 bits per heavy atom. The van der Waals surface area contributed by atoms with Crippen LogP contribution in [0, 0.1) is 0 Å². The number of nitrogens with one attached hydrogen (secondary N) is 2. The minimum atomic E-state index is -0.291. The molecule has 1 aliphatic rings. The van der Waals surface area contributed by atoms with Gasteiger partial charge in [-0.15, -0.1) is 0 Å². The van der Waals surface area contributed by atoms with Gasteiger partial charge in [0.25, 0.3) is 5.91 Å². The summed E-state index contributed by atoms with van der Waals surface area (Å²) >= 11 is 3.26. The standard InChI is InChI=1S/C11H11BrN4O2/c12-8-2-4-18-10(8)11(17)15-9-1-3-14-16(9)7-5-13-6-7/h1-4,7,13H,5-6H2,(H,15,17). The molecule has 1 aliphatic heterocycles. The largest absolute Gasteiger partial charge is 0.458 e. The molecule has 0 spiro atoms. The number of aromatic nitrogens is 2. The zero-order chi connectivity index (χ0) is 12.5. The van der Waals surface area contributed by atoms with Crippen molar-refractivity contribution in [1.29, 1.82) is 0 Å². The fourth-order valence-electron chi connectivity index (χ4n) is 1.78. The minimum absolute atomic E-state index is 0.259. The van der Waals surface area contributed by atoms with Gasteiger partial charge in [-0.3, -0.25) is 4.79 Å². The van der Waals surface area contributed by atoms with Gasteiger partial charge in [0.2, 0.25) is 5.76 Å². The van der Waals surface area contributed by atoms with Crippen molar-refractivity contribution >= 4 is 27.7 Å². The van der Waals surface area contributed by atoms with E-state index < -0.39 is 0 Å². The summed E-state index contributed by atoms with van der Waals surface area (Å²) in [5.41, 5.74) is 0. The first-order valence-electron chi connectivity index (χ1n) is 5.54. The van der Waals surface area contributed by atoms with Crippen molar-refractivity contribution in [3.63, 3.8) is 0 Å². The number of hydrogen-bond acceptors (Lipinski definition) is 4. The second kappa shape index (κ2) is 4.58. The number of rotatable bonds is 3. The molecular formula is C11H11BrN4O2. The van der Waals surface area contributed by atoms with Gasteiger partial charge in [0.15, 0.2) is 0 Å². The van der Waals surface area contributed by atoms with Crippen LogP contribution in [-0.4, -0.2) is 28.8 Å². The average Bonchev–Trinajstić information content (AvgIpc) is 2.86. The summed E-state index contributed by atoms with van der Waals surface area (Å²) in [6.45, 7) is 1.74. The van der Waals surface area contributed by atoms with E-state index in [1.807, 2.05) is 4.68 Å². The third-order valence-corrected chi connectivity index (χ3v) is 3.47. The van der Waals surface area contributed by atoms with E-state index in [-0.39, 0.29) is 11.7 Å². The first kappa shape index (κ1) is 11.5. The van der Waals surface area contributed by atoms with Crippen molar-refractivity contribution in [2.45, 2.75) is 6.04 Å². The molecule has 0 saturated carbocycles. The van der Waals surface area contributed by atoms with Crippen molar-refractivity contribution < 1.29 is 9.21 Å². The van der Waals surface area contributed by atoms with Crippen LogP contribution in [0.15, 0.2) is 33.5 Å². The highest BCUT2D eigenvalue weighted by molar-refractivity contribution is 9.10. The molecule has 3 heterocycles. The minimum Gasteiger partial charge on any atom is -0.458 e. The zero-order valence-electron chi connectivity index (χ0n) is 9.39. The second-order valence-corrected chi connectivity index (χ2v) is 4.88. The summed E-state index contributed by atoms with van der Waals surface area (Å²) < 4.78 is 7.56. The van der Waals surface area contributed by atoms with Gasteiger partial charge in [-0.2, -0.15) is 5.10 Å². The molecule has 1 fully saturated rings. The Morgan fingerprint density at radius 2 is 2.39 bits per heavy atom. The predicted octanol–water partition coefficient (Wildman–Crippen LogP) is 1.64. The lowest BCUT2D eigenvalue weighted by atomic mass is 10.2. The van der Waals surface area contributed by atoms with Crippen LogP contribution in [0.5, 0.6) is 0 Å². The van der Waals surface area contributed by atoms with E-state index in [2.05, 4.69) is 31.7 Å². The van der Waals surface area contributed by atoms with Crippen molar-refractivity contribution in [3.05, 3.63) is 34.8 Å². The van der Waals surface area contributed by atoms with E-state index in [9.17, 15) is 4.79 Å². The number of hydrogen-bond donors (Lipinski definition) is 2. The maximum absolute atomic E-state index is 12.0. The fraction of sp³-hybridized carbons (Fsp3) is 0.273. The lowest BCUT2D eigenvalue weighted by Gasteiger charge is -2.28. The van der Waals surface area contributed by atoms with Gasteiger partial charge in [-0.1, -0.05) is 0 Å². The molecule has 1 amide bonds. The van der Waals surface area contributed by atoms with E-state index in [0.717, 1.165) is 13.1 Å². The predicted molar refractivity (Wildman–Crippen MR) is 68.5 cm³/mol. The van der Waals surface area contributed by atoms with Crippen LogP contribution in [0.1, 0.15) is 16.6 Å². The Balaban J connectivity index is 1.78. The molecule has 2 N–H and O–H groups in total. The van der Waals surface area contributed by atoms with E-state index in [1.54, 1.807) is 18.3 Å². The first-order chi connectivity index (χ1) is 8.75. The van der Waals surface area contributed by atoms with Crippen LogP contribution in [0.4, 0.5) is 5.82 Å². The molecule has 18 heavy (non-hydrogen) atoms. The van der Waals surface area contributed by atoms with E-state index in [4.69, 9.17) is 4.42 Å². The topological polar surface area (TPSA) is 72.1 Å². The Bertz CT molecular complexity index is 573. The molecule has 2 aromatic heterocycles. The van der Waals surface area contributed by atoms with Gasteiger partial charge in [-0.05, 0) is 22.0 Å². The molecule has 3 rings (SSSR count). The summed E-state index contributed by atoms with van der Waals surface area (Å²) in [7, 11) is 0. The fourth-order valence-corrected chi connectivity index (χ4v) is 2.16. The molecule has 0 aliphatic carbocycles. The zero-order valence-corrected chi connectivity index (χ0v) is 11.0. The summed E-state index contributed by atoms with van der Waals surface area (Å²) in [5, 5.41) is 10.2. The van der Waals surface area contributed by atoms with E-state index in [0.29, 0.717) is 16.3 Å². The third kappa shape index (κ3) is 1.95. The Hall–Kier alpha value is -1.60. The van der Waals surface area contributed by atoms with Crippen molar-refractivity contribution in [2.24, 2.45) is 0 Å². The number of amides is 1.